The van der Waals surface area contributed by atoms with Gasteiger partial charge in [-0.05, 0) is 67.9 Å². The van der Waals surface area contributed by atoms with Gasteiger partial charge in [0.25, 0.3) is 15.9 Å². The number of halogens is 1. The second kappa shape index (κ2) is 7.54. The monoisotopic (exact) mass is 516 g/mol. The highest BCUT2D eigenvalue weighted by atomic mass is 35.5. The Labute approximate surface area is 207 Å². The normalized spacial score (nSPS) is 19.2. The highest BCUT2D eigenvalue weighted by Crippen LogP contribution is 2.93. The Morgan fingerprint density at radius 2 is 1.91 bits per heavy atom. The topological polar surface area (TPSA) is 121 Å². The molecular formula is C23H25ClN6O4S. The summed E-state index contributed by atoms with van der Waals surface area (Å²) < 4.78 is 35.9. The molecule has 1 N–H and O–H groups in total. The number of rotatable bonds is 8. The van der Waals surface area contributed by atoms with Gasteiger partial charge in [0.2, 0.25) is 5.88 Å². The first-order valence-electron chi connectivity index (χ1n) is 11.6. The Hall–Kier alpha value is -2.92. The lowest BCUT2D eigenvalue weighted by Gasteiger charge is -2.08. The molecule has 3 aromatic rings. The summed E-state index contributed by atoms with van der Waals surface area (Å²) in [5, 5.41) is 8.25. The number of amides is 1. The van der Waals surface area contributed by atoms with Crippen molar-refractivity contribution in [3.63, 3.8) is 0 Å². The molecule has 0 aliphatic heterocycles. The van der Waals surface area contributed by atoms with E-state index in [1.165, 1.54) is 53.4 Å². The van der Waals surface area contributed by atoms with E-state index in [-0.39, 0.29) is 21.3 Å². The highest BCUT2D eigenvalue weighted by Gasteiger charge is 2.85. The first kappa shape index (κ1) is 22.5. The average molecular weight is 517 g/mol. The van der Waals surface area contributed by atoms with E-state index < -0.39 is 15.9 Å². The molecule has 0 aromatic carbocycles. The second-order valence-corrected chi connectivity index (χ2v) is 11.8. The minimum atomic E-state index is -4.11. The van der Waals surface area contributed by atoms with Crippen LogP contribution < -0.4 is 9.46 Å². The summed E-state index contributed by atoms with van der Waals surface area (Å²) in [5.74, 6) is 0.812. The lowest BCUT2D eigenvalue weighted by molar-refractivity contribution is 0.0981. The maximum Gasteiger partial charge on any atom is 0.268 e. The Morgan fingerprint density at radius 3 is 2.51 bits per heavy atom. The van der Waals surface area contributed by atoms with Crippen molar-refractivity contribution in [2.75, 3.05) is 6.61 Å². The van der Waals surface area contributed by atoms with Crippen molar-refractivity contribution < 1.29 is 17.9 Å². The number of carbonyl (C=O) groups excluding carboxylic acids is 1. The van der Waals surface area contributed by atoms with Crippen LogP contribution in [-0.2, 0) is 17.1 Å². The number of aryl methyl sites for hydroxylation is 2. The molecular weight excluding hydrogens is 492 g/mol. The van der Waals surface area contributed by atoms with Crippen LogP contribution in [0.2, 0.25) is 5.15 Å². The van der Waals surface area contributed by atoms with Gasteiger partial charge in [0, 0.05) is 25.5 Å². The molecule has 0 bridgehead atoms. The van der Waals surface area contributed by atoms with Crippen molar-refractivity contribution in [2.45, 2.75) is 43.9 Å². The van der Waals surface area contributed by atoms with Crippen molar-refractivity contribution in [1.29, 1.82) is 0 Å². The van der Waals surface area contributed by atoms with Crippen LogP contribution in [0.1, 0.15) is 48.2 Å². The number of ether oxygens (including phenoxy) is 1. The number of nitrogens with zero attached hydrogens (tertiary/aromatic N) is 5. The number of nitrogens with one attached hydrogen (secondary N) is 1. The van der Waals surface area contributed by atoms with Crippen molar-refractivity contribution >= 4 is 27.5 Å². The fraction of sp³-hybridized carbons (Fsp3) is 0.478. The van der Waals surface area contributed by atoms with Gasteiger partial charge in [0.15, 0.2) is 5.82 Å². The number of fused-ring (bicyclic) bond motifs is 1. The summed E-state index contributed by atoms with van der Waals surface area (Å²) in [6, 6.07) is 4.70. The summed E-state index contributed by atoms with van der Waals surface area (Å²) in [4.78, 5) is 16.7. The Bertz CT molecular complexity index is 1440. The molecule has 0 saturated heterocycles. The van der Waals surface area contributed by atoms with Gasteiger partial charge in [-0.2, -0.15) is 5.10 Å². The quantitative estimate of drug-likeness (QED) is 0.457. The van der Waals surface area contributed by atoms with E-state index in [4.69, 9.17) is 16.3 Å². The van der Waals surface area contributed by atoms with Crippen molar-refractivity contribution in [2.24, 2.45) is 23.8 Å². The largest absolute Gasteiger partial charge is 0.477 e. The molecule has 12 heteroatoms. The Balaban J connectivity index is 1.09. The number of aromatic nitrogens is 5. The number of carbonyl (C=O) groups is 1. The van der Waals surface area contributed by atoms with Crippen molar-refractivity contribution in [3.8, 4) is 11.7 Å². The summed E-state index contributed by atoms with van der Waals surface area (Å²) in [6.07, 6.45) is 9.66. The van der Waals surface area contributed by atoms with Crippen LogP contribution in [0, 0.1) is 23.7 Å². The molecule has 6 rings (SSSR count). The van der Waals surface area contributed by atoms with Crippen LogP contribution in [0.5, 0.6) is 5.88 Å². The lowest BCUT2D eigenvalue weighted by atomic mass is 10.2. The molecule has 3 fully saturated rings. The van der Waals surface area contributed by atoms with Gasteiger partial charge in [-0.25, -0.2) is 22.8 Å². The molecule has 35 heavy (non-hydrogen) atoms. The van der Waals surface area contributed by atoms with E-state index in [2.05, 4.69) is 15.2 Å². The van der Waals surface area contributed by atoms with E-state index in [1.807, 2.05) is 4.72 Å². The van der Waals surface area contributed by atoms with Crippen LogP contribution in [0.25, 0.3) is 5.82 Å². The first-order valence-corrected chi connectivity index (χ1v) is 13.4. The minimum Gasteiger partial charge on any atom is -0.477 e. The van der Waals surface area contributed by atoms with E-state index in [9.17, 15) is 13.2 Å². The zero-order valence-electron chi connectivity index (χ0n) is 19.4. The fourth-order valence-corrected chi connectivity index (χ4v) is 7.36. The predicted molar refractivity (Wildman–Crippen MR) is 126 cm³/mol. The van der Waals surface area contributed by atoms with Gasteiger partial charge in [0.1, 0.15) is 10.0 Å². The van der Waals surface area contributed by atoms with Crippen molar-refractivity contribution in [3.05, 3.63) is 47.0 Å². The van der Waals surface area contributed by atoms with Crippen LogP contribution in [0.3, 0.4) is 0 Å². The van der Waals surface area contributed by atoms with E-state index in [0.717, 1.165) is 12.3 Å². The molecule has 3 aliphatic carbocycles. The molecule has 0 atom stereocenters. The fourth-order valence-electron chi connectivity index (χ4n) is 5.94. The van der Waals surface area contributed by atoms with Crippen LogP contribution in [-0.4, -0.2) is 45.5 Å². The number of hydrogen-bond donors (Lipinski definition) is 1. The molecule has 10 nitrogen and oxygen atoms in total. The van der Waals surface area contributed by atoms with Gasteiger partial charge < -0.3 is 4.74 Å². The van der Waals surface area contributed by atoms with Gasteiger partial charge in [0.05, 0.1) is 17.9 Å². The van der Waals surface area contributed by atoms with Gasteiger partial charge >= 0.3 is 0 Å². The minimum absolute atomic E-state index is 0.0726. The second-order valence-electron chi connectivity index (χ2n) is 9.80. The number of pyridine rings is 1. The molecule has 0 unspecified atom stereocenters. The molecule has 3 heterocycles. The lowest BCUT2D eigenvalue weighted by Crippen LogP contribution is -2.31. The summed E-state index contributed by atoms with van der Waals surface area (Å²) in [7, 11) is -2.52. The molecule has 3 saturated carbocycles. The SMILES string of the molecule is Cc1nn(C)cc1S(=O)(=O)NC(=O)c1ccc(-n2ccc(OCCC3C4(CC4)C34CC4)n2)nc1Cl. The van der Waals surface area contributed by atoms with Crippen LogP contribution in [0.4, 0.5) is 0 Å². The summed E-state index contributed by atoms with van der Waals surface area (Å²) >= 11 is 6.23. The third-order valence-electron chi connectivity index (χ3n) is 7.84. The molecule has 3 aromatic heterocycles. The van der Waals surface area contributed by atoms with E-state index in [1.54, 1.807) is 26.2 Å². The molecule has 1 amide bonds. The predicted octanol–water partition coefficient (Wildman–Crippen LogP) is 3.04. The summed E-state index contributed by atoms with van der Waals surface area (Å²) in [6.45, 7) is 2.19. The third-order valence-corrected chi connectivity index (χ3v) is 9.56. The molecule has 2 spiro atoms. The average Bonchev–Trinajstić information content (AvgIpc) is 3.74. The zero-order chi connectivity index (χ0) is 24.6. The number of sulfonamides is 1. The van der Waals surface area contributed by atoms with Crippen LogP contribution >= 0.6 is 11.6 Å². The van der Waals surface area contributed by atoms with Crippen LogP contribution in [0.15, 0.2) is 35.5 Å². The third kappa shape index (κ3) is 3.63. The van der Waals surface area contributed by atoms with Gasteiger partial charge in [-0.1, -0.05) is 11.6 Å². The molecule has 3 aliphatic rings. The molecule has 0 radical (unpaired) electrons. The molecule has 184 valence electrons. The van der Waals surface area contributed by atoms with E-state index in [0.29, 0.717) is 29.1 Å². The maximum atomic E-state index is 12.6. The zero-order valence-corrected chi connectivity index (χ0v) is 20.9. The first-order chi connectivity index (χ1) is 16.7. The Kier molecular flexibility index (Phi) is 4.85. The highest BCUT2D eigenvalue weighted by molar-refractivity contribution is 7.90. The van der Waals surface area contributed by atoms with Gasteiger partial charge in [-0.15, -0.1) is 5.10 Å². The standard InChI is InChI=1S/C23H25ClN6O4S/c1-14-16(13-29(2)26-14)35(32,33)28-21(31)15-3-4-18(25-20(15)24)30-11-5-19(27-30)34-12-6-17-22(7-8-22)23(17)9-10-23/h3-5,11,13,17H,6-10,12H2,1-2H3,(H,28,31). The smallest absolute Gasteiger partial charge is 0.268 e. The Morgan fingerprint density at radius 1 is 1.20 bits per heavy atom. The number of hydrogen-bond acceptors (Lipinski definition) is 7. The summed E-state index contributed by atoms with van der Waals surface area (Å²) in [5.41, 5.74) is 1.54. The van der Waals surface area contributed by atoms with E-state index >= 15 is 0 Å². The maximum absolute atomic E-state index is 12.6. The van der Waals surface area contributed by atoms with Gasteiger partial charge in [-0.3, -0.25) is 9.48 Å². The van der Waals surface area contributed by atoms with Crippen molar-refractivity contribution in [1.82, 2.24) is 29.3 Å².